The zero-order valence-corrected chi connectivity index (χ0v) is 20.5. The number of carbonyl (C=O) groups is 1. The number of carbonyl (C=O) groups excluding carboxylic acids is 1. The minimum atomic E-state index is -3.86. The number of aromatic nitrogens is 1. The van der Waals surface area contributed by atoms with E-state index in [1.165, 1.54) is 4.31 Å². The van der Waals surface area contributed by atoms with Gasteiger partial charge in [-0.1, -0.05) is 18.2 Å². The summed E-state index contributed by atoms with van der Waals surface area (Å²) >= 11 is 0. The minimum absolute atomic E-state index is 0.0816. The summed E-state index contributed by atoms with van der Waals surface area (Å²) in [6.45, 7) is 7.81. The van der Waals surface area contributed by atoms with Crippen molar-refractivity contribution >= 4 is 16.0 Å². The van der Waals surface area contributed by atoms with E-state index in [4.69, 9.17) is 14.2 Å². The third kappa shape index (κ3) is 4.67. The summed E-state index contributed by atoms with van der Waals surface area (Å²) in [5.74, 6) is 0.760. The lowest BCUT2D eigenvalue weighted by molar-refractivity contribution is 0.0519. The molecule has 0 unspecified atom stereocenters. The molecule has 0 saturated heterocycles. The number of fused-ring (bicyclic) bond motifs is 1. The fourth-order valence-corrected chi connectivity index (χ4v) is 5.51. The first-order chi connectivity index (χ1) is 16.2. The Labute approximate surface area is 199 Å². The Bertz CT molecular complexity index is 1330. The molecular weight excluding hydrogens is 456 g/mol. The summed E-state index contributed by atoms with van der Waals surface area (Å²) in [6, 6.07) is 12.2. The smallest absolute Gasteiger partial charge is 0.355 e. The van der Waals surface area contributed by atoms with Gasteiger partial charge in [0, 0.05) is 18.8 Å². The molecule has 1 aliphatic rings. The van der Waals surface area contributed by atoms with Crippen LogP contribution >= 0.6 is 0 Å². The first-order valence-electron chi connectivity index (χ1n) is 11.0. The average molecular weight is 485 g/mol. The van der Waals surface area contributed by atoms with Crippen LogP contribution in [-0.2, 0) is 27.8 Å². The number of sulfonamides is 1. The monoisotopic (exact) mass is 484 g/mol. The van der Waals surface area contributed by atoms with Crippen LogP contribution in [-0.4, -0.2) is 37.1 Å². The van der Waals surface area contributed by atoms with Gasteiger partial charge in [0.25, 0.3) is 0 Å². The summed E-state index contributed by atoms with van der Waals surface area (Å²) < 4.78 is 44.9. The number of hydrogen-bond acceptors (Lipinski definition) is 6. The number of hydrogen-bond donors (Lipinski definition) is 1. The molecule has 2 aromatic carbocycles. The summed E-state index contributed by atoms with van der Waals surface area (Å²) in [4.78, 5) is 15.6. The van der Waals surface area contributed by atoms with E-state index in [1.807, 2.05) is 26.0 Å². The van der Waals surface area contributed by atoms with Gasteiger partial charge in [0.1, 0.15) is 5.69 Å². The Hall–Kier alpha value is -3.30. The Morgan fingerprint density at radius 3 is 2.56 bits per heavy atom. The second-order valence-corrected chi connectivity index (χ2v) is 10.2. The number of aryl methyl sites for hydroxylation is 2. The van der Waals surface area contributed by atoms with Crippen molar-refractivity contribution in [2.24, 2.45) is 0 Å². The maximum absolute atomic E-state index is 13.8. The van der Waals surface area contributed by atoms with Gasteiger partial charge in [0.2, 0.25) is 16.8 Å². The van der Waals surface area contributed by atoms with Gasteiger partial charge < -0.3 is 19.2 Å². The number of nitrogens with one attached hydrogen (secondary N) is 1. The third-order valence-corrected chi connectivity index (χ3v) is 7.62. The highest BCUT2D eigenvalue weighted by molar-refractivity contribution is 7.89. The van der Waals surface area contributed by atoms with Gasteiger partial charge in [0.15, 0.2) is 11.5 Å². The molecular formula is C25H28N2O6S. The molecule has 0 bridgehead atoms. The van der Waals surface area contributed by atoms with Crippen molar-refractivity contribution in [2.75, 3.05) is 13.4 Å². The van der Waals surface area contributed by atoms with E-state index in [2.05, 4.69) is 4.98 Å². The predicted octanol–water partition coefficient (Wildman–Crippen LogP) is 4.24. The number of nitrogens with zero attached hydrogens (tertiary/aromatic N) is 1. The topological polar surface area (TPSA) is 97.9 Å². The molecule has 34 heavy (non-hydrogen) atoms. The summed E-state index contributed by atoms with van der Waals surface area (Å²) in [5, 5.41) is 0. The number of ether oxygens (including phenoxy) is 3. The van der Waals surface area contributed by atoms with Gasteiger partial charge in [-0.2, -0.15) is 4.31 Å². The van der Waals surface area contributed by atoms with Crippen molar-refractivity contribution in [2.45, 2.75) is 45.7 Å². The van der Waals surface area contributed by atoms with E-state index in [-0.39, 0.29) is 31.4 Å². The molecule has 0 fully saturated rings. The Kier molecular flexibility index (Phi) is 6.67. The maximum atomic E-state index is 13.8. The fraction of sp³-hybridized carbons (Fsp3) is 0.320. The first-order valence-corrected chi connectivity index (χ1v) is 12.4. The van der Waals surface area contributed by atoms with Crippen LogP contribution in [0.3, 0.4) is 0 Å². The van der Waals surface area contributed by atoms with Crippen molar-refractivity contribution in [1.29, 1.82) is 0 Å². The zero-order chi connectivity index (χ0) is 24.5. The lowest BCUT2D eigenvalue weighted by Crippen LogP contribution is -2.30. The predicted molar refractivity (Wildman–Crippen MR) is 126 cm³/mol. The Morgan fingerprint density at radius 2 is 1.82 bits per heavy atom. The van der Waals surface area contributed by atoms with E-state index >= 15 is 0 Å². The van der Waals surface area contributed by atoms with E-state index in [0.717, 1.165) is 22.4 Å². The molecule has 0 radical (unpaired) electrons. The van der Waals surface area contributed by atoms with Crippen LogP contribution in [0.25, 0.3) is 0 Å². The lowest BCUT2D eigenvalue weighted by atomic mass is 10.1. The molecule has 0 aliphatic carbocycles. The summed E-state index contributed by atoms with van der Waals surface area (Å²) in [5.41, 5.74) is 4.08. The molecule has 9 heteroatoms. The molecule has 8 nitrogen and oxygen atoms in total. The van der Waals surface area contributed by atoms with Crippen molar-refractivity contribution in [3.63, 3.8) is 0 Å². The van der Waals surface area contributed by atoms with Crippen molar-refractivity contribution in [3.8, 4) is 11.5 Å². The summed E-state index contributed by atoms with van der Waals surface area (Å²) in [7, 11) is -3.86. The number of rotatable bonds is 8. The van der Waals surface area contributed by atoms with E-state index in [9.17, 15) is 13.2 Å². The van der Waals surface area contributed by atoms with Gasteiger partial charge in [-0.25, -0.2) is 13.2 Å². The SMILES string of the molecule is CCOC(=O)c1[nH]c(C)c(CN(Cc2ccc3c(c2)OCO3)S(=O)(=O)c2cccc(C)c2)c1C. The molecule has 180 valence electrons. The van der Waals surface area contributed by atoms with Crippen molar-refractivity contribution < 1.29 is 27.4 Å². The van der Waals surface area contributed by atoms with Crippen LogP contribution < -0.4 is 9.47 Å². The average Bonchev–Trinajstić information content (AvgIpc) is 3.38. The van der Waals surface area contributed by atoms with Crippen LogP contribution in [0, 0.1) is 20.8 Å². The molecule has 1 N–H and O–H groups in total. The number of esters is 1. The largest absolute Gasteiger partial charge is 0.461 e. The van der Waals surface area contributed by atoms with Gasteiger partial charge in [-0.05, 0) is 74.2 Å². The quantitative estimate of drug-likeness (QED) is 0.481. The molecule has 2 heterocycles. The van der Waals surface area contributed by atoms with Crippen LogP contribution in [0.1, 0.15) is 45.4 Å². The number of benzene rings is 2. The standard InChI is InChI=1S/C25H28N2O6S/c1-5-31-25(28)24-17(3)21(18(4)26-24)14-27(34(29,30)20-8-6-7-16(2)11-20)13-19-9-10-22-23(12-19)33-15-32-22/h6-12,26H,5,13-15H2,1-4H3. The Morgan fingerprint density at radius 1 is 1.06 bits per heavy atom. The highest BCUT2D eigenvalue weighted by atomic mass is 32.2. The molecule has 0 atom stereocenters. The van der Waals surface area contributed by atoms with Gasteiger partial charge >= 0.3 is 5.97 Å². The second kappa shape index (κ2) is 9.52. The highest BCUT2D eigenvalue weighted by Crippen LogP contribution is 2.34. The van der Waals surface area contributed by atoms with E-state index in [1.54, 1.807) is 44.2 Å². The van der Waals surface area contributed by atoms with Crippen LogP contribution in [0.2, 0.25) is 0 Å². The molecule has 0 saturated carbocycles. The molecule has 1 aromatic heterocycles. The normalized spacial score (nSPS) is 12.9. The van der Waals surface area contributed by atoms with E-state index in [0.29, 0.717) is 22.8 Å². The first kappa shape index (κ1) is 23.8. The molecule has 0 spiro atoms. The molecule has 1 aliphatic heterocycles. The lowest BCUT2D eigenvalue weighted by Gasteiger charge is -2.23. The fourth-order valence-electron chi connectivity index (χ4n) is 4.00. The van der Waals surface area contributed by atoms with Crippen LogP contribution in [0.4, 0.5) is 0 Å². The zero-order valence-electron chi connectivity index (χ0n) is 19.7. The molecule has 3 aromatic rings. The van der Waals surface area contributed by atoms with E-state index < -0.39 is 16.0 Å². The summed E-state index contributed by atoms with van der Waals surface area (Å²) in [6.07, 6.45) is 0. The van der Waals surface area contributed by atoms with Gasteiger partial charge in [-0.15, -0.1) is 0 Å². The molecule has 4 rings (SSSR count). The maximum Gasteiger partial charge on any atom is 0.355 e. The van der Waals surface area contributed by atoms with Crippen LogP contribution in [0.5, 0.6) is 11.5 Å². The molecule has 0 amide bonds. The van der Waals surface area contributed by atoms with Crippen molar-refractivity contribution in [1.82, 2.24) is 9.29 Å². The highest BCUT2D eigenvalue weighted by Gasteiger charge is 2.29. The van der Waals surface area contributed by atoms with Crippen molar-refractivity contribution in [3.05, 3.63) is 76.1 Å². The number of aromatic amines is 1. The van der Waals surface area contributed by atoms with Gasteiger partial charge in [0.05, 0.1) is 11.5 Å². The number of H-pyrrole nitrogens is 1. The third-order valence-electron chi connectivity index (χ3n) is 5.83. The minimum Gasteiger partial charge on any atom is -0.461 e. The van der Waals surface area contributed by atoms with Gasteiger partial charge in [-0.3, -0.25) is 0 Å². The second-order valence-electron chi connectivity index (χ2n) is 8.23. The van der Waals surface area contributed by atoms with Crippen LogP contribution in [0.15, 0.2) is 47.4 Å². The Balaban J connectivity index is 1.73.